The van der Waals surface area contributed by atoms with Crippen LogP contribution in [-0.2, 0) is 20.0 Å². The van der Waals surface area contributed by atoms with Crippen LogP contribution in [0.5, 0.6) is 5.75 Å². The van der Waals surface area contributed by atoms with Crippen LogP contribution in [0, 0.1) is 10.1 Å². The van der Waals surface area contributed by atoms with Crippen LogP contribution in [0.2, 0.25) is 0 Å². The molecule has 2 aromatic carbocycles. The Morgan fingerprint density at radius 3 is 2.24 bits per heavy atom. The van der Waals surface area contributed by atoms with Crippen molar-refractivity contribution in [1.29, 1.82) is 0 Å². The van der Waals surface area contributed by atoms with E-state index in [0.29, 0.717) is 0 Å². The molecule has 110 valence electrons. The zero-order valence-electron chi connectivity index (χ0n) is 11.1. The lowest BCUT2D eigenvalue weighted by atomic mass is 10.1. The Balaban J connectivity index is 2.29. The van der Waals surface area contributed by atoms with E-state index < -0.39 is 24.0 Å². The zero-order chi connectivity index (χ0) is 15.2. The molecule has 21 heavy (non-hydrogen) atoms. The van der Waals surface area contributed by atoms with E-state index in [0.717, 1.165) is 11.6 Å². The molecule has 0 bridgehead atoms. The first-order valence-electron chi connectivity index (χ1n) is 6.25. The van der Waals surface area contributed by atoms with Crippen molar-refractivity contribution < 1.29 is 18.4 Å². The number of halogens is 2. The highest BCUT2D eigenvalue weighted by Crippen LogP contribution is 2.32. The lowest BCUT2D eigenvalue weighted by molar-refractivity contribution is -0.385. The Labute approximate surface area is 120 Å². The second kappa shape index (κ2) is 6.78. The third kappa shape index (κ3) is 3.34. The monoisotopic (exact) mass is 293 g/mol. The topological polar surface area (TPSA) is 52.4 Å². The molecular formula is C15H13F2NO3. The summed E-state index contributed by atoms with van der Waals surface area (Å²) in [5.74, 6) is 0.125. The first-order chi connectivity index (χ1) is 10.2. The Bertz CT molecular complexity index is 632. The van der Waals surface area contributed by atoms with Crippen molar-refractivity contribution in [2.75, 3.05) is 0 Å². The van der Waals surface area contributed by atoms with Crippen molar-refractivity contribution in [2.24, 2.45) is 0 Å². The molecule has 0 unspecified atom stereocenters. The lowest BCUT2D eigenvalue weighted by Crippen LogP contribution is -2.03. The van der Waals surface area contributed by atoms with E-state index >= 15 is 0 Å². The summed E-state index contributed by atoms with van der Waals surface area (Å²) in [5, 5.41) is 10.8. The molecule has 0 fully saturated rings. The van der Waals surface area contributed by atoms with Crippen LogP contribution < -0.4 is 4.74 Å². The number of nitrogens with zero attached hydrogens (tertiary/aromatic N) is 1. The van der Waals surface area contributed by atoms with Crippen molar-refractivity contribution >= 4 is 5.69 Å². The van der Waals surface area contributed by atoms with Gasteiger partial charge in [-0.3, -0.25) is 10.1 Å². The Morgan fingerprint density at radius 1 is 1.00 bits per heavy atom. The molecule has 4 nitrogen and oxygen atoms in total. The fourth-order valence-corrected chi connectivity index (χ4v) is 2.00. The molecule has 0 radical (unpaired) electrons. The van der Waals surface area contributed by atoms with Crippen molar-refractivity contribution in [3.8, 4) is 5.75 Å². The van der Waals surface area contributed by atoms with E-state index in [9.17, 15) is 18.9 Å². The molecule has 2 aromatic rings. The average molecular weight is 293 g/mol. The zero-order valence-corrected chi connectivity index (χ0v) is 11.1. The van der Waals surface area contributed by atoms with Gasteiger partial charge < -0.3 is 4.74 Å². The molecule has 6 heteroatoms. The first-order valence-corrected chi connectivity index (χ1v) is 6.25. The maximum Gasteiger partial charge on any atom is 0.275 e. The summed E-state index contributed by atoms with van der Waals surface area (Å²) in [6.45, 7) is -1.96. The third-order valence-electron chi connectivity index (χ3n) is 3.06. The van der Waals surface area contributed by atoms with Crippen molar-refractivity contribution in [1.82, 2.24) is 0 Å². The van der Waals surface area contributed by atoms with E-state index in [1.807, 2.05) is 30.3 Å². The van der Waals surface area contributed by atoms with Gasteiger partial charge in [0.15, 0.2) is 0 Å². The highest BCUT2D eigenvalue weighted by Gasteiger charge is 2.21. The van der Waals surface area contributed by atoms with E-state index in [1.54, 1.807) is 0 Å². The van der Waals surface area contributed by atoms with Gasteiger partial charge in [-0.2, -0.15) is 0 Å². The van der Waals surface area contributed by atoms with Gasteiger partial charge in [0.25, 0.3) is 5.69 Å². The largest absolute Gasteiger partial charge is 0.489 e. The van der Waals surface area contributed by atoms with E-state index in [-0.39, 0.29) is 23.5 Å². The van der Waals surface area contributed by atoms with Gasteiger partial charge in [0.1, 0.15) is 25.7 Å². The number of nitro benzene ring substituents is 1. The fraction of sp³-hybridized carbons (Fsp3) is 0.200. The number of ether oxygens (including phenoxy) is 1. The van der Waals surface area contributed by atoms with E-state index in [2.05, 4.69) is 0 Å². The maximum absolute atomic E-state index is 13.1. The molecule has 0 atom stereocenters. The minimum atomic E-state index is -1.11. The van der Waals surface area contributed by atoms with Crippen molar-refractivity contribution in [3.63, 3.8) is 0 Å². The van der Waals surface area contributed by atoms with Crippen LogP contribution in [0.25, 0.3) is 0 Å². The molecule has 0 aliphatic heterocycles. The second-order valence-electron chi connectivity index (χ2n) is 4.34. The SMILES string of the molecule is O=[N+]([O-])c1ccc(OCc2ccccc2)c(CF)c1CF. The Hall–Kier alpha value is -2.50. The highest BCUT2D eigenvalue weighted by atomic mass is 19.1. The summed E-state index contributed by atoms with van der Waals surface area (Å²) in [5.41, 5.74) is 0.0513. The Morgan fingerprint density at radius 2 is 1.67 bits per heavy atom. The van der Waals surface area contributed by atoms with E-state index in [4.69, 9.17) is 4.74 Å². The number of alkyl halides is 2. The summed E-state index contributed by atoms with van der Waals surface area (Å²) >= 11 is 0. The van der Waals surface area contributed by atoms with Gasteiger partial charge in [0.05, 0.1) is 10.5 Å². The van der Waals surface area contributed by atoms with Crippen LogP contribution in [0.3, 0.4) is 0 Å². The molecule has 0 spiro atoms. The molecule has 2 rings (SSSR count). The maximum atomic E-state index is 13.1. The lowest BCUT2D eigenvalue weighted by Gasteiger charge is -2.12. The van der Waals surface area contributed by atoms with Gasteiger partial charge in [-0.1, -0.05) is 30.3 Å². The van der Waals surface area contributed by atoms with Crippen LogP contribution in [0.1, 0.15) is 16.7 Å². The minimum Gasteiger partial charge on any atom is -0.489 e. The fourth-order valence-electron chi connectivity index (χ4n) is 2.00. The van der Waals surface area contributed by atoms with Gasteiger partial charge in [0.2, 0.25) is 0 Å². The molecule has 0 saturated heterocycles. The van der Waals surface area contributed by atoms with Crippen LogP contribution >= 0.6 is 0 Å². The molecule has 0 saturated carbocycles. The predicted octanol–water partition coefficient (Wildman–Crippen LogP) is 4.11. The standard InChI is InChI=1S/C15H13F2NO3/c16-8-12-13(9-17)15(7-6-14(12)18(19)20)21-10-11-4-2-1-3-5-11/h1-7H,8-10H2. The number of nitro groups is 1. The summed E-state index contributed by atoms with van der Waals surface area (Å²) in [4.78, 5) is 10.1. The second-order valence-corrected chi connectivity index (χ2v) is 4.34. The van der Waals surface area contributed by atoms with Gasteiger partial charge in [-0.25, -0.2) is 8.78 Å². The highest BCUT2D eigenvalue weighted by molar-refractivity contribution is 5.52. The number of hydrogen-bond acceptors (Lipinski definition) is 3. The number of rotatable bonds is 6. The molecule has 0 aliphatic carbocycles. The van der Waals surface area contributed by atoms with Crippen molar-refractivity contribution in [3.05, 3.63) is 69.3 Å². The molecule has 0 aliphatic rings. The first kappa shape index (κ1) is 14.9. The van der Waals surface area contributed by atoms with Gasteiger partial charge in [-0.15, -0.1) is 0 Å². The predicted molar refractivity (Wildman–Crippen MR) is 73.5 cm³/mol. The smallest absolute Gasteiger partial charge is 0.275 e. The van der Waals surface area contributed by atoms with Gasteiger partial charge in [-0.05, 0) is 11.6 Å². The summed E-state index contributed by atoms with van der Waals surface area (Å²) < 4.78 is 31.6. The average Bonchev–Trinajstić information content (AvgIpc) is 2.52. The molecule has 0 amide bonds. The molecule has 0 aromatic heterocycles. The van der Waals surface area contributed by atoms with Crippen LogP contribution in [0.4, 0.5) is 14.5 Å². The molecular weight excluding hydrogens is 280 g/mol. The number of hydrogen-bond donors (Lipinski definition) is 0. The molecule has 0 heterocycles. The van der Waals surface area contributed by atoms with Crippen molar-refractivity contribution in [2.45, 2.75) is 20.0 Å². The normalized spacial score (nSPS) is 10.4. The van der Waals surface area contributed by atoms with Crippen LogP contribution in [-0.4, -0.2) is 4.92 Å². The Kier molecular flexibility index (Phi) is 4.81. The van der Waals surface area contributed by atoms with Gasteiger partial charge >= 0.3 is 0 Å². The van der Waals surface area contributed by atoms with Gasteiger partial charge in [0, 0.05) is 11.6 Å². The third-order valence-corrected chi connectivity index (χ3v) is 3.06. The van der Waals surface area contributed by atoms with Crippen LogP contribution in [0.15, 0.2) is 42.5 Å². The van der Waals surface area contributed by atoms with E-state index in [1.165, 1.54) is 6.07 Å². The summed E-state index contributed by atoms with van der Waals surface area (Å²) in [6.07, 6.45) is 0. The molecule has 0 N–H and O–H groups in total. The summed E-state index contributed by atoms with van der Waals surface area (Å²) in [7, 11) is 0. The summed E-state index contributed by atoms with van der Waals surface area (Å²) in [6, 6.07) is 11.6. The quantitative estimate of drug-likeness (QED) is 0.595. The minimum absolute atomic E-state index is 0.109. The number of benzene rings is 2.